The Balaban J connectivity index is 2.17. The number of hydrogen-bond donors (Lipinski definition) is 0. The van der Waals surface area contributed by atoms with E-state index in [1.165, 1.54) is 5.56 Å². The van der Waals surface area contributed by atoms with E-state index in [4.69, 9.17) is 9.47 Å². The van der Waals surface area contributed by atoms with E-state index in [-0.39, 0.29) is 17.1 Å². The van der Waals surface area contributed by atoms with Gasteiger partial charge < -0.3 is 14.4 Å². The van der Waals surface area contributed by atoms with Crippen LogP contribution in [0.15, 0.2) is 24.3 Å². The molecule has 0 aliphatic heterocycles. The first-order valence-corrected chi connectivity index (χ1v) is 9.97. The van der Waals surface area contributed by atoms with E-state index in [2.05, 4.69) is 52.0 Å². The molecule has 0 spiro atoms. The van der Waals surface area contributed by atoms with Gasteiger partial charge >= 0.3 is 6.09 Å². The van der Waals surface area contributed by atoms with Crippen molar-refractivity contribution < 1.29 is 14.3 Å². The smallest absolute Gasteiger partial charge is 0.410 e. The van der Waals surface area contributed by atoms with Crippen LogP contribution in [0.4, 0.5) is 4.79 Å². The molecule has 0 atom stereocenters. The molecular formula is C23H37NO3. The van der Waals surface area contributed by atoms with Crippen LogP contribution in [0.2, 0.25) is 0 Å². The molecule has 4 heteroatoms. The van der Waals surface area contributed by atoms with Crippen molar-refractivity contribution >= 4 is 6.09 Å². The number of ether oxygens (including phenoxy) is 2. The third kappa shape index (κ3) is 6.53. The quantitative estimate of drug-likeness (QED) is 0.615. The lowest BCUT2D eigenvalue weighted by atomic mass is 9.76. The van der Waals surface area contributed by atoms with E-state index in [0.717, 1.165) is 24.8 Å². The molecule has 152 valence electrons. The zero-order valence-electron chi connectivity index (χ0n) is 18.4. The predicted octanol–water partition coefficient (Wildman–Crippen LogP) is 5.68. The SMILES string of the molecule is COC(C)(C)CC(C)(C)c1cccc(CN(C(=O)OC(C)(C)C)C2CC2)c1. The largest absolute Gasteiger partial charge is 0.444 e. The molecule has 1 amide bonds. The van der Waals surface area contributed by atoms with E-state index in [9.17, 15) is 4.79 Å². The maximum Gasteiger partial charge on any atom is 0.410 e. The van der Waals surface area contributed by atoms with Crippen LogP contribution in [-0.2, 0) is 21.4 Å². The van der Waals surface area contributed by atoms with E-state index >= 15 is 0 Å². The first kappa shape index (κ1) is 21.7. The van der Waals surface area contributed by atoms with Crippen molar-refractivity contribution in [1.29, 1.82) is 0 Å². The summed E-state index contributed by atoms with van der Waals surface area (Å²) in [5, 5.41) is 0. The minimum Gasteiger partial charge on any atom is -0.444 e. The van der Waals surface area contributed by atoms with Gasteiger partial charge in [0, 0.05) is 19.7 Å². The van der Waals surface area contributed by atoms with E-state index < -0.39 is 5.60 Å². The summed E-state index contributed by atoms with van der Waals surface area (Å²) in [6.07, 6.45) is 2.83. The van der Waals surface area contributed by atoms with Crippen molar-refractivity contribution in [1.82, 2.24) is 4.90 Å². The van der Waals surface area contributed by atoms with Crippen LogP contribution in [0, 0.1) is 0 Å². The highest BCUT2D eigenvalue weighted by molar-refractivity contribution is 5.69. The summed E-state index contributed by atoms with van der Waals surface area (Å²) in [7, 11) is 1.76. The summed E-state index contributed by atoms with van der Waals surface area (Å²) in [5.74, 6) is 0. The Morgan fingerprint density at radius 2 is 1.74 bits per heavy atom. The van der Waals surface area contributed by atoms with Crippen LogP contribution in [0.3, 0.4) is 0 Å². The molecule has 1 fully saturated rings. The molecule has 0 heterocycles. The fourth-order valence-corrected chi connectivity index (χ4v) is 3.58. The molecule has 0 N–H and O–H groups in total. The normalized spacial score (nSPS) is 15.6. The average molecular weight is 376 g/mol. The van der Waals surface area contributed by atoms with E-state index in [1.54, 1.807) is 7.11 Å². The average Bonchev–Trinajstić information content (AvgIpc) is 3.35. The van der Waals surface area contributed by atoms with Crippen LogP contribution >= 0.6 is 0 Å². The molecule has 0 saturated heterocycles. The minimum absolute atomic E-state index is 0.0220. The number of carbonyl (C=O) groups is 1. The molecule has 0 aromatic heterocycles. The lowest BCUT2D eigenvalue weighted by Gasteiger charge is -2.35. The van der Waals surface area contributed by atoms with Gasteiger partial charge in [0.15, 0.2) is 0 Å². The van der Waals surface area contributed by atoms with E-state index in [0.29, 0.717) is 12.6 Å². The van der Waals surface area contributed by atoms with Gasteiger partial charge in [0.1, 0.15) is 5.60 Å². The second-order valence-electron chi connectivity index (χ2n) is 10.1. The number of methoxy groups -OCH3 is 1. The Hall–Kier alpha value is -1.55. The molecule has 1 aromatic carbocycles. The number of nitrogens with zero attached hydrogens (tertiary/aromatic N) is 1. The number of carbonyl (C=O) groups excluding carboxylic acids is 1. The van der Waals surface area contributed by atoms with Gasteiger partial charge in [-0.25, -0.2) is 4.79 Å². The summed E-state index contributed by atoms with van der Waals surface area (Å²) in [6, 6.07) is 8.90. The number of amides is 1. The highest BCUT2D eigenvalue weighted by Crippen LogP contribution is 2.35. The number of hydrogen-bond acceptors (Lipinski definition) is 3. The maximum atomic E-state index is 12.6. The van der Waals surface area contributed by atoms with Crippen molar-refractivity contribution in [2.75, 3.05) is 7.11 Å². The molecule has 1 saturated carbocycles. The lowest BCUT2D eigenvalue weighted by Crippen LogP contribution is -2.38. The second-order valence-corrected chi connectivity index (χ2v) is 10.1. The zero-order valence-corrected chi connectivity index (χ0v) is 18.4. The summed E-state index contributed by atoms with van der Waals surface area (Å²) >= 11 is 0. The molecule has 1 aliphatic rings. The van der Waals surface area contributed by atoms with Crippen LogP contribution < -0.4 is 0 Å². The van der Waals surface area contributed by atoms with Crippen molar-refractivity contribution in [3.05, 3.63) is 35.4 Å². The number of rotatable bonds is 7. The Morgan fingerprint density at radius 3 is 2.26 bits per heavy atom. The van der Waals surface area contributed by atoms with E-state index in [1.807, 2.05) is 25.7 Å². The molecule has 27 heavy (non-hydrogen) atoms. The van der Waals surface area contributed by atoms with Gasteiger partial charge in [0.05, 0.1) is 5.60 Å². The summed E-state index contributed by atoms with van der Waals surface area (Å²) < 4.78 is 11.3. The Kier molecular flexibility index (Phi) is 6.30. The maximum absolute atomic E-state index is 12.6. The fraction of sp³-hybridized carbons (Fsp3) is 0.696. The molecule has 0 unspecified atom stereocenters. The summed E-state index contributed by atoms with van der Waals surface area (Å²) in [4.78, 5) is 14.5. The van der Waals surface area contributed by atoms with Crippen LogP contribution in [0.25, 0.3) is 0 Å². The third-order valence-corrected chi connectivity index (χ3v) is 5.10. The minimum atomic E-state index is -0.472. The van der Waals surface area contributed by atoms with Gasteiger partial charge in [-0.05, 0) is 70.4 Å². The first-order valence-electron chi connectivity index (χ1n) is 9.97. The Morgan fingerprint density at radius 1 is 1.11 bits per heavy atom. The Labute approximate surface area is 165 Å². The van der Waals surface area contributed by atoms with Crippen LogP contribution in [0.5, 0.6) is 0 Å². The summed E-state index contributed by atoms with van der Waals surface area (Å²) in [5.41, 5.74) is 1.74. The van der Waals surface area contributed by atoms with Gasteiger partial charge in [-0.15, -0.1) is 0 Å². The van der Waals surface area contributed by atoms with Gasteiger partial charge in [0.25, 0.3) is 0 Å². The predicted molar refractivity (Wildman–Crippen MR) is 110 cm³/mol. The fourth-order valence-electron chi connectivity index (χ4n) is 3.58. The van der Waals surface area contributed by atoms with Crippen molar-refractivity contribution in [3.63, 3.8) is 0 Å². The van der Waals surface area contributed by atoms with Crippen LogP contribution in [-0.4, -0.2) is 35.3 Å². The van der Waals surface area contributed by atoms with Gasteiger partial charge in [-0.2, -0.15) is 0 Å². The van der Waals surface area contributed by atoms with Crippen molar-refractivity contribution in [2.24, 2.45) is 0 Å². The van der Waals surface area contributed by atoms with Crippen molar-refractivity contribution in [2.45, 2.75) is 96.9 Å². The summed E-state index contributed by atoms with van der Waals surface area (Å²) in [6.45, 7) is 15.1. The highest BCUT2D eigenvalue weighted by atomic mass is 16.6. The monoisotopic (exact) mass is 375 g/mol. The molecule has 0 radical (unpaired) electrons. The van der Waals surface area contributed by atoms with Gasteiger partial charge in [-0.3, -0.25) is 0 Å². The molecular weight excluding hydrogens is 338 g/mol. The third-order valence-electron chi connectivity index (χ3n) is 5.10. The van der Waals surface area contributed by atoms with Crippen LogP contribution in [0.1, 0.15) is 78.9 Å². The second kappa shape index (κ2) is 7.83. The molecule has 1 aromatic rings. The first-order chi connectivity index (χ1) is 12.3. The lowest BCUT2D eigenvalue weighted by molar-refractivity contribution is 0.000104. The molecule has 1 aliphatic carbocycles. The number of benzene rings is 1. The molecule has 4 nitrogen and oxygen atoms in total. The topological polar surface area (TPSA) is 38.8 Å². The standard InChI is InChI=1S/C23H37NO3/c1-21(2,3)27-20(25)24(19-12-13-19)15-17-10-9-11-18(14-17)22(4,5)16-23(6,7)26-8/h9-11,14,19H,12-13,15-16H2,1-8H3. The Bertz CT molecular complexity index is 654. The van der Waals surface area contributed by atoms with Gasteiger partial charge in [-0.1, -0.05) is 38.1 Å². The molecule has 2 rings (SSSR count). The zero-order chi connectivity index (χ0) is 20.5. The molecule has 0 bridgehead atoms. The van der Waals surface area contributed by atoms with Crippen molar-refractivity contribution in [3.8, 4) is 0 Å². The highest BCUT2D eigenvalue weighted by Gasteiger charge is 2.35. The van der Waals surface area contributed by atoms with Gasteiger partial charge in [0.2, 0.25) is 0 Å².